The minimum absolute atomic E-state index is 0.148. The molecule has 4 rings (SSSR count). The Morgan fingerprint density at radius 1 is 1.17 bits per heavy atom. The third-order valence-electron chi connectivity index (χ3n) is 5.11. The molecule has 1 aliphatic heterocycles. The molecular weight excluding hydrogens is 402 g/mol. The van der Waals surface area contributed by atoms with E-state index in [1.165, 1.54) is 12.5 Å². The fraction of sp³-hybridized carbons (Fsp3) is 0.318. The zero-order chi connectivity index (χ0) is 20.8. The van der Waals surface area contributed by atoms with Crippen LogP contribution in [0.3, 0.4) is 0 Å². The molecule has 1 amide bonds. The Morgan fingerprint density at radius 2 is 2.03 bits per heavy atom. The Kier molecular flexibility index (Phi) is 6.61. The summed E-state index contributed by atoms with van der Waals surface area (Å²) in [5, 5.41) is 12.4. The maximum absolute atomic E-state index is 12.0. The van der Waals surface area contributed by atoms with Crippen LogP contribution in [0.1, 0.15) is 27.6 Å². The van der Waals surface area contributed by atoms with Gasteiger partial charge in [-0.25, -0.2) is 0 Å². The lowest BCUT2D eigenvalue weighted by molar-refractivity contribution is 0.0953. The number of carbonyl (C=O) groups is 1. The van der Waals surface area contributed by atoms with Gasteiger partial charge in [-0.2, -0.15) is 0 Å². The number of amides is 1. The summed E-state index contributed by atoms with van der Waals surface area (Å²) in [5.41, 5.74) is 1.63. The summed E-state index contributed by atoms with van der Waals surface area (Å²) < 4.78 is 7.11. The number of benzene rings is 1. The highest BCUT2D eigenvalue weighted by Gasteiger charge is 2.19. The molecule has 3 heterocycles. The molecule has 0 saturated carbocycles. The molecule has 3 aromatic rings. The zero-order valence-corrected chi connectivity index (χ0v) is 17.4. The van der Waals surface area contributed by atoms with Crippen LogP contribution in [0.25, 0.3) is 6.08 Å². The molecule has 1 aliphatic rings. The molecule has 0 radical (unpaired) electrons. The molecule has 30 heavy (non-hydrogen) atoms. The van der Waals surface area contributed by atoms with Crippen LogP contribution >= 0.6 is 11.6 Å². The van der Waals surface area contributed by atoms with Gasteiger partial charge >= 0.3 is 0 Å². The Labute approximate surface area is 180 Å². The van der Waals surface area contributed by atoms with Crippen molar-refractivity contribution in [2.24, 2.45) is 0 Å². The van der Waals surface area contributed by atoms with E-state index in [0.717, 1.165) is 48.3 Å². The fourth-order valence-corrected chi connectivity index (χ4v) is 3.84. The molecule has 156 valence electrons. The number of furan rings is 1. The number of nitrogens with zero attached hydrogens (tertiary/aromatic N) is 4. The van der Waals surface area contributed by atoms with E-state index in [9.17, 15) is 4.79 Å². The third-order valence-corrected chi connectivity index (χ3v) is 5.34. The van der Waals surface area contributed by atoms with Gasteiger partial charge in [0.1, 0.15) is 17.9 Å². The smallest absolute Gasteiger partial charge is 0.254 e. The molecule has 8 heteroatoms. The maximum atomic E-state index is 12.0. The van der Waals surface area contributed by atoms with Crippen molar-refractivity contribution in [3.8, 4) is 0 Å². The summed E-state index contributed by atoms with van der Waals surface area (Å²) in [6, 6.07) is 11.7. The summed E-state index contributed by atoms with van der Waals surface area (Å²) >= 11 is 6.50. The van der Waals surface area contributed by atoms with Crippen molar-refractivity contribution in [1.82, 2.24) is 25.0 Å². The van der Waals surface area contributed by atoms with Gasteiger partial charge in [0, 0.05) is 50.6 Å². The van der Waals surface area contributed by atoms with Crippen molar-refractivity contribution >= 4 is 23.6 Å². The van der Waals surface area contributed by atoms with Gasteiger partial charge in [0.25, 0.3) is 5.91 Å². The molecule has 2 aromatic heterocycles. The second kappa shape index (κ2) is 9.73. The number of nitrogens with one attached hydrogen (secondary N) is 1. The van der Waals surface area contributed by atoms with Gasteiger partial charge in [-0.1, -0.05) is 41.9 Å². The summed E-state index contributed by atoms with van der Waals surface area (Å²) in [4.78, 5) is 14.4. The quantitative estimate of drug-likeness (QED) is 0.629. The largest absolute Gasteiger partial charge is 0.472 e. The van der Waals surface area contributed by atoms with Crippen LogP contribution in [0.2, 0.25) is 0 Å². The molecule has 0 saturated heterocycles. The van der Waals surface area contributed by atoms with E-state index in [4.69, 9.17) is 16.0 Å². The molecule has 7 nitrogen and oxygen atoms in total. The number of hydrogen-bond donors (Lipinski definition) is 1. The van der Waals surface area contributed by atoms with E-state index in [2.05, 4.69) is 25.0 Å². The molecule has 0 unspecified atom stereocenters. The summed E-state index contributed by atoms with van der Waals surface area (Å²) in [7, 11) is 0. The fourth-order valence-electron chi connectivity index (χ4n) is 3.54. The van der Waals surface area contributed by atoms with Crippen LogP contribution in [0.15, 0.2) is 58.4 Å². The lowest BCUT2D eigenvalue weighted by Gasteiger charge is -2.19. The number of halogens is 1. The van der Waals surface area contributed by atoms with Gasteiger partial charge in [0.05, 0.1) is 11.8 Å². The highest BCUT2D eigenvalue weighted by Crippen LogP contribution is 2.15. The molecule has 0 bridgehead atoms. The Morgan fingerprint density at radius 3 is 2.83 bits per heavy atom. The van der Waals surface area contributed by atoms with Crippen LogP contribution < -0.4 is 5.32 Å². The van der Waals surface area contributed by atoms with Gasteiger partial charge in [-0.05, 0) is 17.7 Å². The predicted molar refractivity (Wildman–Crippen MR) is 115 cm³/mol. The number of fused-ring (bicyclic) bond motifs is 1. The Hall–Kier alpha value is -2.90. The van der Waals surface area contributed by atoms with Gasteiger partial charge < -0.3 is 14.3 Å². The number of aromatic nitrogens is 3. The topological polar surface area (TPSA) is 76.2 Å². The van der Waals surface area contributed by atoms with Crippen LogP contribution in [-0.4, -0.2) is 51.8 Å². The predicted octanol–water partition coefficient (Wildman–Crippen LogP) is 2.98. The first-order chi connectivity index (χ1) is 14.7. The monoisotopic (exact) mass is 425 g/mol. The van der Waals surface area contributed by atoms with E-state index >= 15 is 0 Å². The first kappa shape index (κ1) is 20.4. The number of carbonyl (C=O) groups excluding carboxylic acids is 1. The lowest BCUT2D eigenvalue weighted by atomic mass is 10.2. The second-order valence-corrected chi connectivity index (χ2v) is 7.72. The van der Waals surface area contributed by atoms with Gasteiger partial charge in [0.15, 0.2) is 0 Å². The third kappa shape index (κ3) is 5.17. The van der Waals surface area contributed by atoms with Crippen molar-refractivity contribution in [2.45, 2.75) is 19.4 Å². The van der Waals surface area contributed by atoms with Crippen molar-refractivity contribution < 1.29 is 9.21 Å². The van der Waals surface area contributed by atoms with Crippen LogP contribution in [0.4, 0.5) is 0 Å². The lowest BCUT2D eigenvalue weighted by Crippen LogP contribution is -2.29. The summed E-state index contributed by atoms with van der Waals surface area (Å²) in [5.74, 6) is 1.73. The molecule has 0 atom stereocenters. The zero-order valence-electron chi connectivity index (χ0n) is 16.6. The highest BCUT2D eigenvalue weighted by atomic mass is 35.5. The minimum atomic E-state index is -0.148. The van der Waals surface area contributed by atoms with Crippen LogP contribution in [0, 0.1) is 0 Å². The standard InChI is InChI=1S/C22H24ClN5O2/c23-19(14-17-4-2-1-3-5-17)15-27-10-7-21-26-25-20(28(21)12-11-27)6-9-24-22(29)18-8-13-30-16-18/h1-5,8,13-14,16H,6-7,9-12,15H2,(H,24,29)/b19-14-. The van der Waals surface area contributed by atoms with Crippen molar-refractivity contribution in [1.29, 1.82) is 0 Å². The van der Waals surface area contributed by atoms with Gasteiger partial charge in [0.2, 0.25) is 0 Å². The number of rotatable bonds is 7. The summed E-state index contributed by atoms with van der Waals surface area (Å²) in [6.07, 6.45) is 6.39. The van der Waals surface area contributed by atoms with Gasteiger partial charge in [-0.15, -0.1) is 10.2 Å². The van der Waals surface area contributed by atoms with Crippen LogP contribution in [0.5, 0.6) is 0 Å². The molecular formula is C22H24ClN5O2. The SMILES string of the molecule is O=C(NCCc1nnc2n1CCN(C/C(Cl)=C/c1ccccc1)CC2)c1ccoc1. The summed E-state index contributed by atoms with van der Waals surface area (Å²) in [6.45, 7) is 3.78. The van der Waals surface area contributed by atoms with E-state index in [0.29, 0.717) is 25.1 Å². The first-order valence-corrected chi connectivity index (χ1v) is 10.4. The average Bonchev–Trinajstić information content (AvgIpc) is 3.37. The number of hydrogen-bond acceptors (Lipinski definition) is 5. The van der Waals surface area contributed by atoms with E-state index in [1.54, 1.807) is 6.07 Å². The first-order valence-electron chi connectivity index (χ1n) is 10.0. The van der Waals surface area contributed by atoms with Crippen molar-refractivity contribution in [2.75, 3.05) is 26.2 Å². The van der Waals surface area contributed by atoms with Crippen LogP contribution in [-0.2, 0) is 19.4 Å². The van der Waals surface area contributed by atoms with Crippen molar-refractivity contribution in [3.05, 3.63) is 76.7 Å². The van der Waals surface area contributed by atoms with Gasteiger partial charge in [-0.3, -0.25) is 9.69 Å². The Bertz CT molecular complexity index is 998. The van der Waals surface area contributed by atoms with E-state index < -0.39 is 0 Å². The maximum Gasteiger partial charge on any atom is 0.254 e. The van der Waals surface area contributed by atoms with Crippen molar-refractivity contribution in [3.63, 3.8) is 0 Å². The molecule has 0 aliphatic carbocycles. The molecule has 0 spiro atoms. The highest BCUT2D eigenvalue weighted by molar-refractivity contribution is 6.31. The molecule has 0 fully saturated rings. The average molecular weight is 426 g/mol. The Balaban J connectivity index is 1.30. The second-order valence-electron chi connectivity index (χ2n) is 7.23. The molecule has 1 N–H and O–H groups in total. The molecule has 1 aromatic carbocycles. The van der Waals surface area contributed by atoms with E-state index in [1.807, 2.05) is 36.4 Å². The van der Waals surface area contributed by atoms with E-state index in [-0.39, 0.29) is 5.91 Å². The minimum Gasteiger partial charge on any atom is -0.472 e. The normalized spacial score (nSPS) is 14.9.